The van der Waals surface area contributed by atoms with Crippen LogP contribution in [-0.4, -0.2) is 18.9 Å². The summed E-state index contributed by atoms with van der Waals surface area (Å²) in [6.07, 6.45) is 37.0. The van der Waals surface area contributed by atoms with E-state index >= 15 is 0 Å². The number of hydrogen-bond donors (Lipinski definition) is 0. The Morgan fingerprint density at radius 1 is 0.576 bits per heavy atom. The first-order valence-corrected chi connectivity index (χ1v) is 13.4. The van der Waals surface area contributed by atoms with Gasteiger partial charge < -0.3 is 9.53 Å². The Bertz CT molecular complexity index is 515. The van der Waals surface area contributed by atoms with E-state index < -0.39 is 0 Å². The van der Waals surface area contributed by atoms with Crippen LogP contribution in [0.5, 0.6) is 0 Å². The molecule has 0 heterocycles. The largest absolute Gasteiger partial charge is 0.466 e. The molecule has 0 bridgehead atoms. The molecule has 0 unspecified atom stereocenters. The zero-order valence-electron chi connectivity index (χ0n) is 21.9. The van der Waals surface area contributed by atoms with Crippen molar-refractivity contribution < 1.29 is 14.3 Å². The highest BCUT2D eigenvalue weighted by Crippen LogP contribution is 2.07. The maximum Gasteiger partial charge on any atom is 0.302 e. The van der Waals surface area contributed by atoms with Gasteiger partial charge in [0.1, 0.15) is 6.29 Å². The lowest BCUT2D eigenvalue weighted by Crippen LogP contribution is -1.99. The molecule has 0 N–H and O–H groups in total. The van der Waals surface area contributed by atoms with Crippen LogP contribution in [0.4, 0.5) is 0 Å². The minimum atomic E-state index is -0.186. The Hall–Kier alpha value is -1.90. The summed E-state index contributed by atoms with van der Waals surface area (Å²) in [6, 6.07) is 0. The van der Waals surface area contributed by atoms with Gasteiger partial charge in [0, 0.05) is 13.3 Å². The van der Waals surface area contributed by atoms with Gasteiger partial charge in [0.2, 0.25) is 0 Å². The fraction of sp³-hybridized carbons (Fsp3) is 0.667. The van der Waals surface area contributed by atoms with Crippen molar-refractivity contribution in [3.05, 3.63) is 48.6 Å². The van der Waals surface area contributed by atoms with Crippen LogP contribution in [-0.2, 0) is 14.3 Å². The lowest BCUT2D eigenvalue weighted by atomic mass is 10.1. The lowest BCUT2D eigenvalue weighted by Gasteiger charge is -1.98. The van der Waals surface area contributed by atoms with Crippen LogP contribution in [0.1, 0.15) is 124 Å². The van der Waals surface area contributed by atoms with Gasteiger partial charge in [-0.1, -0.05) is 107 Å². The van der Waals surface area contributed by atoms with Gasteiger partial charge in [-0.15, -0.1) is 0 Å². The maximum absolute atomic E-state index is 10.5. The molecule has 3 heteroatoms. The van der Waals surface area contributed by atoms with Crippen molar-refractivity contribution in [2.24, 2.45) is 0 Å². The lowest BCUT2D eigenvalue weighted by molar-refractivity contribution is -0.141. The molecule has 33 heavy (non-hydrogen) atoms. The molecule has 0 saturated carbocycles. The summed E-state index contributed by atoms with van der Waals surface area (Å²) in [5, 5.41) is 0. The van der Waals surface area contributed by atoms with Gasteiger partial charge in [0.15, 0.2) is 0 Å². The highest BCUT2D eigenvalue weighted by molar-refractivity contribution is 5.65. The van der Waals surface area contributed by atoms with Crippen LogP contribution in [0.15, 0.2) is 48.6 Å². The highest BCUT2D eigenvalue weighted by atomic mass is 16.5. The zero-order chi connectivity index (χ0) is 24.7. The Kier molecular flexibility index (Phi) is 32.5. The van der Waals surface area contributed by atoms with Crippen molar-refractivity contribution in [1.82, 2.24) is 0 Å². The normalized spacial score (nSPS) is 11.5. The molecule has 0 aliphatic heterocycles. The third kappa shape index (κ3) is 37.7. The van der Waals surface area contributed by atoms with Gasteiger partial charge in [0.25, 0.3) is 0 Å². The molecule has 190 valence electrons. The predicted octanol–water partition coefficient (Wildman–Crippen LogP) is 9.24. The average molecular weight is 461 g/mol. The summed E-state index contributed by atoms with van der Waals surface area (Å²) >= 11 is 0. The molecule has 0 aromatic heterocycles. The first-order valence-electron chi connectivity index (χ1n) is 13.4. The summed E-state index contributed by atoms with van der Waals surface area (Å²) in [5.74, 6) is -0.186. The number of unbranched alkanes of at least 4 members (excludes halogenated alkanes) is 12. The molecule has 0 amide bonds. The number of rotatable bonds is 21. The van der Waals surface area contributed by atoms with Crippen LogP contribution < -0.4 is 0 Å². The molecular weight excluding hydrogens is 408 g/mol. The predicted molar refractivity (Wildman–Crippen MR) is 144 cm³/mol. The number of carbonyl (C=O) groups excluding carboxylic acids is 2. The summed E-state index contributed by atoms with van der Waals surface area (Å²) in [6.45, 7) is 6.42. The molecule has 0 fully saturated rings. The molecular formula is C30H52O3. The quantitative estimate of drug-likeness (QED) is 0.0741. The topological polar surface area (TPSA) is 43.4 Å². The van der Waals surface area contributed by atoms with Crippen molar-refractivity contribution in [3.8, 4) is 0 Å². The second-order valence-electron chi connectivity index (χ2n) is 8.34. The van der Waals surface area contributed by atoms with E-state index in [1.54, 1.807) is 0 Å². The van der Waals surface area contributed by atoms with Crippen molar-refractivity contribution >= 4 is 12.3 Å². The molecule has 3 nitrogen and oxygen atoms in total. The standard InChI is InChI=1S/C16H28O.C14H24O2/c1-2-3-4-5-6-7-8-9-10-11-12-13-14-15-16-17;1-3-4-5-6-7-8-9-10-11-12-13-16-14(2)15/h5-8,16H,2-4,9-15H2,1H3;6-9H,3-5,10-13H2,1-2H3/b6-5-,8-7+;7-6+,9-8-. The van der Waals surface area contributed by atoms with Crippen LogP contribution in [0, 0.1) is 0 Å². The van der Waals surface area contributed by atoms with Gasteiger partial charge in [-0.2, -0.15) is 0 Å². The van der Waals surface area contributed by atoms with Crippen LogP contribution >= 0.6 is 0 Å². The second kappa shape index (κ2) is 32.3. The van der Waals surface area contributed by atoms with E-state index in [1.165, 1.54) is 77.6 Å². The smallest absolute Gasteiger partial charge is 0.302 e. The van der Waals surface area contributed by atoms with E-state index in [-0.39, 0.29) is 5.97 Å². The average Bonchev–Trinajstić information content (AvgIpc) is 2.81. The molecule has 0 rings (SSSR count). The fourth-order valence-corrected chi connectivity index (χ4v) is 2.94. The number of hydrogen-bond acceptors (Lipinski definition) is 3. The Labute approximate surface area is 205 Å². The van der Waals surface area contributed by atoms with Gasteiger partial charge >= 0.3 is 5.97 Å². The summed E-state index contributed by atoms with van der Waals surface area (Å²) in [5.41, 5.74) is 0. The Morgan fingerprint density at radius 2 is 0.970 bits per heavy atom. The zero-order valence-corrected chi connectivity index (χ0v) is 21.9. The molecule has 0 aromatic rings. The van der Waals surface area contributed by atoms with Crippen LogP contribution in [0.25, 0.3) is 0 Å². The summed E-state index contributed by atoms with van der Waals surface area (Å²) < 4.78 is 4.84. The van der Waals surface area contributed by atoms with E-state index in [2.05, 4.69) is 62.5 Å². The van der Waals surface area contributed by atoms with Crippen LogP contribution in [0.3, 0.4) is 0 Å². The summed E-state index contributed by atoms with van der Waals surface area (Å²) in [7, 11) is 0. The number of aldehydes is 1. The van der Waals surface area contributed by atoms with E-state index in [4.69, 9.17) is 4.74 Å². The number of ether oxygens (including phenoxy) is 1. The molecule has 0 atom stereocenters. The first kappa shape index (κ1) is 33.3. The van der Waals surface area contributed by atoms with Gasteiger partial charge in [-0.25, -0.2) is 0 Å². The molecule has 0 aliphatic carbocycles. The van der Waals surface area contributed by atoms with E-state index in [0.717, 1.165) is 38.4 Å². The van der Waals surface area contributed by atoms with E-state index in [9.17, 15) is 9.59 Å². The van der Waals surface area contributed by atoms with Crippen molar-refractivity contribution in [2.75, 3.05) is 6.61 Å². The fourth-order valence-electron chi connectivity index (χ4n) is 2.94. The van der Waals surface area contributed by atoms with Gasteiger partial charge in [0.05, 0.1) is 6.61 Å². The number of allylic oxidation sites excluding steroid dienone is 8. The molecule has 0 aliphatic rings. The van der Waals surface area contributed by atoms with Crippen molar-refractivity contribution in [2.45, 2.75) is 124 Å². The van der Waals surface area contributed by atoms with Crippen molar-refractivity contribution in [1.29, 1.82) is 0 Å². The SMILES string of the molecule is CCCC/C=C/C=C\CCCCOC(C)=O.CCCC/C=C\C=C\CCCCCCCC=O. The van der Waals surface area contributed by atoms with Gasteiger partial charge in [-0.3, -0.25) is 4.79 Å². The molecule has 0 aromatic carbocycles. The monoisotopic (exact) mass is 460 g/mol. The van der Waals surface area contributed by atoms with E-state index in [0.29, 0.717) is 6.61 Å². The maximum atomic E-state index is 10.5. The second-order valence-corrected chi connectivity index (χ2v) is 8.34. The van der Waals surface area contributed by atoms with Crippen LogP contribution in [0.2, 0.25) is 0 Å². The molecule has 0 saturated heterocycles. The first-order chi connectivity index (χ1) is 16.2. The Morgan fingerprint density at radius 3 is 1.39 bits per heavy atom. The van der Waals surface area contributed by atoms with Crippen molar-refractivity contribution in [3.63, 3.8) is 0 Å². The summed E-state index contributed by atoms with van der Waals surface area (Å²) in [4.78, 5) is 20.5. The van der Waals surface area contributed by atoms with E-state index in [1.807, 2.05) is 0 Å². The number of carbonyl (C=O) groups is 2. The number of esters is 1. The Balaban J connectivity index is 0. The van der Waals surface area contributed by atoms with Gasteiger partial charge in [-0.05, 0) is 51.4 Å². The highest BCUT2D eigenvalue weighted by Gasteiger charge is 1.91. The third-order valence-corrected chi connectivity index (χ3v) is 4.98. The minimum absolute atomic E-state index is 0.186. The molecule has 0 radical (unpaired) electrons. The third-order valence-electron chi connectivity index (χ3n) is 4.98. The minimum Gasteiger partial charge on any atom is -0.466 e. The molecule has 0 spiro atoms.